The van der Waals surface area contributed by atoms with Gasteiger partial charge in [0.1, 0.15) is 11.8 Å². The molecule has 1 atom stereocenters. The number of benzene rings is 1. The molecule has 0 aliphatic heterocycles. The average molecular weight is 348 g/mol. The summed E-state index contributed by atoms with van der Waals surface area (Å²) in [6.45, 7) is 1.88. The number of carbonyl (C=O) groups excluding carboxylic acids is 1. The van der Waals surface area contributed by atoms with E-state index in [9.17, 15) is 4.79 Å². The van der Waals surface area contributed by atoms with Crippen molar-refractivity contribution >= 4 is 21.9 Å². The molecule has 0 spiro atoms. The maximum atomic E-state index is 11.5. The van der Waals surface area contributed by atoms with Crippen LogP contribution in [0.5, 0.6) is 0 Å². The van der Waals surface area contributed by atoms with Gasteiger partial charge in [0.25, 0.3) is 0 Å². The number of nitriles is 1. The second-order valence-corrected chi connectivity index (χ2v) is 5.37. The number of halogens is 1. The van der Waals surface area contributed by atoms with Crippen molar-refractivity contribution in [3.63, 3.8) is 0 Å². The van der Waals surface area contributed by atoms with Crippen LogP contribution in [0.2, 0.25) is 0 Å². The Labute approximate surface area is 131 Å². The van der Waals surface area contributed by atoms with Crippen LogP contribution in [0.3, 0.4) is 0 Å². The molecule has 0 N–H and O–H groups in total. The van der Waals surface area contributed by atoms with Gasteiger partial charge in [0.15, 0.2) is 5.76 Å². The zero-order valence-electron chi connectivity index (χ0n) is 11.5. The second kappa shape index (κ2) is 7.09. The summed E-state index contributed by atoms with van der Waals surface area (Å²) in [7, 11) is 0. The standard InChI is InChI=1S/C16H14BrNO3/c1-2-3-16(19)21-15(10-18)14-9-8-13(20-14)11-4-6-12(17)7-5-11/h4-9,15H,2-3H2,1H3/t15-/m0/s1. The van der Waals surface area contributed by atoms with Crippen LogP contribution in [0.4, 0.5) is 0 Å². The smallest absolute Gasteiger partial charge is 0.307 e. The molecule has 1 aromatic carbocycles. The largest absolute Gasteiger partial charge is 0.456 e. The minimum atomic E-state index is -1.01. The van der Waals surface area contributed by atoms with Gasteiger partial charge in [0.05, 0.1) is 0 Å². The Morgan fingerprint density at radius 3 is 2.67 bits per heavy atom. The number of hydrogen-bond donors (Lipinski definition) is 0. The molecule has 1 heterocycles. The molecule has 0 aliphatic carbocycles. The van der Waals surface area contributed by atoms with E-state index in [-0.39, 0.29) is 0 Å². The summed E-state index contributed by atoms with van der Waals surface area (Å²) in [4.78, 5) is 11.5. The Bertz CT molecular complexity index is 655. The maximum absolute atomic E-state index is 11.5. The summed E-state index contributed by atoms with van der Waals surface area (Å²) < 4.78 is 11.7. The van der Waals surface area contributed by atoms with Crippen LogP contribution >= 0.6 is 15.9 Å². The molecule has 2 rings (SSSR count). The fourth-order valence-corrected chi connectivity index (χ4v) is 2.07. The number of esters is 1. The third-order valence-electron chi connectivity index (χ3n) is 2.83. The molecular formula is C16H14BrNO3. The topological polar surface area (TPSA) is 63.2 Å². The summed E-state index contributed by atoms with van der Waals surface area (Å²) in [6, 6.07) is 13.0. The van der Waals surface area contributed by atoms with Crippen LogP contribution in [-0.2, 0) is 9.53 Å². The first-order valence-electron chi connectivity index (χ1n) is 6.58. The molecule has 2 aromatic rings. The van der Waals surface area contributed by atoms with Crippen molar-refractivity contribution < 1.29 is 13.9 Å². The maximum Gasteiger partial charge on any atom is 0.307 e. The lowest BCUT2D eigenvalue weighted by Gasteiger charge is -2.07. The Morgan fingerprint density at radius 1 is 1.33 bits per heavy atom. The zero-order valence-corrected chi connectivity index (χ0v) is 13.1. The first-order valence-corrected chi connectivity index (χ1v) is 7.38. The number of furan rings is 1. The normalized spacial score (nSPS) is 11.7. The van der Waals surface area contributed by atoms with Gasteiger partial charge in [0.2, 0.25) is 6.10 Å². The highest BCUT2D eigenvalue weighted by Crippen LogP contribution is 2.28. The summed E-state index contributed by atoms with van der Waals surface area (Å²) >= 11 is 3.37. The van der Waals surface area contributed by atoms with Crippen LogP contribution in [0.25, 0.3) is 11.3 Å². The molecule has 0 amide bonds. The van der Waals surface area contributed by atoms with Gasteiger partial charge < -0.3 is 9.15 Å². The average Bonchev–Trinajstić information content (AvgIpc) is 2.95. The Balaban J connectivity index is 2.16. The lowest BCUT2D eigenvalue weighted by Crippen LogP contribution is -2.08. The second-order valence-electron chi connectivity index (χ2n) is 4.46. The molecule has 0 fully saturated rings. The van der Waals surface area contributed by atoms with E-state index in [1.807, 2.05) is 37.3 Å². The third kappa shape index (κ3) is 3.96. The van der Waals surface area contributed by atoms with Gasteiger partial charge in [-0.3, -0.25) is 4.79 Å². The monoisotopic (exact) mass is 347 g/mol. The van der Waals surface area contributed by atoms with Crippen molar-refractivity contribution in [1.82, 2.24) is 0 Å². The van der Waals surface area contributed by atoms with Gasteiger partial charge in [-0.1, -0.05) is 35.0 Å². The van der Waals surface area contributed by atoms with E-state index in [1.54, 1.807) is 12.1 Å². The molecule has 0 radical (unpaired) electrons. The Hall–Kier alpha value is -2.06. The Kier molecular flexibility index (Phi) is 5.18. The molecule has 0 bridgehead atoms. The van der Waals surface area contributed by atoms with E-state index >= 15 is 0 Å². The number of rotatable bonds is 5. The quantitative estimate of drug-likeness (QED) is 0.740. The lowest BCUT2D eigenvalue weighted by molar-refractivity contribution is -0.147. The van der Waals surface area contributed by atoms with Crippen molar-refractivity contribution in [2.45, 2.75) is 25.9 Å². The summed E-state index contributed by atoms with van der Waals surface area (Å²) in [6.07, 6.45) is -0.0363. The van der Waals surface area contributed by atoms with Crippen LogP contribution in [-0.4, -0.2) is 5.97 Å². The van der Waals surface area contributed by atoms with Gasteiger partial charge >= 0.3 is 5.97 Å². The number of carbonyl (C=O) groups is 1. The lowest BCUT2D eigenvalue weighted by atomic mass is 10.2. The molecular weight excluding hydrogens is 334 g/mol. The SMILES string of the molecule is CCCC(=O)O[C@@H](C#N)c1ccc(-c2ccc(Br)cc2)o1. The van der Waals surface area contributed by atoms with Crippen molar-refractivity contribution in [3.8, 4) is 17.4 Å². The number of nitrogens with zero attached hydrogens (tertiary/aromatic N) is 1. The van der Waals surface area contributed by atoms with Gasteiger partial charge in [-0.15, -0.1) is 0 Å². The van der Waals surface area contributed by atoms with Gasteiger partial charge in [0, 0.05) is 16.5 Å². The van der Waals surface area contributed by atoms with Gasteiger partial charge in [-0.05, 0) is 30.7 Å². The van der Waals surface area contributed by atoms with E-state index in [0.29, 0.717) is 24.4 Å². The van der Waals surface area contributed by atoms with Gasteiger partial charge in [-0.25, -0.2) is 0 Å². The minimum absolute atomic E-state index is 0.290. The fourth-order valence-electron chi connectivity index (χ4n) is 1.81. The first kappa shape index (κ1) is 15.3. The number of ether oxygens (including phenoxy) is 1. The highest BCUT2D eigenvalue weighted by molar-refractivity contribution is 9.10. The molecule has 0 unspecified atom stereocenters. The van der Waals surface area contributed by atoms with Crippen LogP contribution in [0, 0.1) is 11.3 Å². The predicted octanol–water partition coefficient (Wildman–Crippen LogP) is 4.62. The van der Waals surface area contributed by atoms with E-state index in [4.69, 9.17) is 14.4 Å². The molecule has 0 saturated heterocycles. The first-order chi connectivity index (χ1) is 10.1. The highest BCUT2D eigenvalue weighted by atomic mass is 79.9. The molecule has 21 heavy (non-hydrogen) atoms. The molecule has 0 saturated carbocycles. The summed E-state index contributed by atoms with van der Waals surface area (Å²) in [5.41, 5.74) is 0.890. The van der Waals surface area contributed by atoms with Crippen molar-refractivity contribution in [2.24, 2.45) is 0 Å². The highest BCUT2D eigenvalue weighted by Gasteiger charge is 2.19. The minimum Gasteiger partial charge on any atom is -0.456 e. The van der Waals surface area contributed by atoms with E-state index in [1.165, 1.54) is 0 Å². The van der Waals surface area contributed by atoms with Gasteiger partial charge in [-0.2, -0.15) is 5.26 Å². The summed E-state index contributed by atoms with van der Waals surface area (Å²) in [5, 5.41) is 9.12. The number of hydrogen-bond acceptors (Lipinski definition) is 4. The van der Waals surface area contributed by atoms with Crippen molar-refractivity contribution in [2.75, 3.05) is 0 Å². The Morgan fingerprint density at radius 2 is 2.05 bits per heavy atom. The van der Waals surface area contributed by atoms with Crippen LogP contribution in [0.15, 0.2) is 45.3 Å². The fraction of sp³-hybridized carbons (Fsp3) is 0.250. The predicted molar refractivity (Wildman–Crippen MR) is 81.2 cm³/mol. The van der Waals surface area contributed by atoms with Crippen molar-refractivity contribution in [1.29, 1.82) is 5.26 Å². The molecule has 0 aliphatic rings. The molecule has 4 nitrogen and oxygen atoms in total. The summed E-state index contributed by atoms with van der Waals surface area (Å²) in [5.74, 6) is 0.565. The molecule has 5 heteroatoms. The van der Waals surface area contributed by atoms with Crippen LogP contribution < -0.4 is 0 Å². The van der Waals surface area contributed by atoms with E-state index < -0.39 is 12.1 Å². The van der Waals surface area contributed by atoms with E-state index in [0.717, 1.165) is 10.0 Å². The third-order valence-corrected chi connectivity index (χ3v) is 3.36. The van der Waals surface area contributed by atoms with E-state index in [2.05, 4.69) is 15.9 Å². The molecule has 108 valence electrons. The zero-order chi connectivity index (χ0) is 15.2. The molecule has 1 aromatic heterocycles. The van der Waals surface area contributed by atoms with Crippen LogP contribution in [0.1, 0.15) is 31.6 Å². The van der Waals surface area contributed by atoms with Crippen molar-refractivity contribution in [3.05, 3.63) is 46.6 Å².